The minimum absolute atomic E-state index is 0.248. The van der Waals surface area contributed by atoms with Crippen molar-refractivity contribution in [3.63, 3.8) is 0 Å². The Labute approximate surface area is 201 Å². The molecule has 1 amide bonds. The van der Waals surface area contributed by atoms with Gasteiger partial charge < -0.3 is 16.4 Å². The molecule has 6 aromatic rings. The van der Waals surface area contributed by atoms with Gasteiger partial charge >= 0.3 is 0 Å². The summed E-state index contributed by atoms with van der Waals surface area (Å²) < 4.78 is 1.80. The van der Waals surface area contributed by atoms with Gasteiger partial charge in [-0.3, -0.25) is 4.79 Å². The van der Waals surface area contributed by atoms with Crippen LogP contribution in [0.1, 0.15) is 15.9 Å². The number of thiazole rings is 1. The van der Waals surface area contributed by atoms with E-state index < -0.39 is 0 Å². The molecule has 4 N–H and O–H groups in total. The Morgan fingerprint density at radius 3 is 2.82 bits per heavy atom. The SMILES string of the molecule is Cc1ccc2c(Nc3ccc4ncsc4c3)nccc2c1NC(=O)c1csc2c(N)ncnc12. The molecule has 34 heavy (non-hydrogen) atoms. The Bertz CT molecular complexity index is 1720. The third-order valence-corrected chi connectivity index (χ3v) is 7.40. The second-order valence-corrected chi connectivity index (χ2v) is 9.48. The van der Waals surface area contributed by atoms with Crippen molar-refractivity contribution in [1.82, 2.24) is 19.9 Å². The van der Waals surface area contributed by atoms with Crippen LogP contribution in [0.15, 0.2) is 59.8 Å². The molecular weight excluding hydrogens is 466 g/mol. The highest BCUT2D eigenvalue weighted by atomic mass is 32.1. The number of hydrogen-bond acceptors (Lipinski definition) is 9. The molecule has 166 valence electrons. The van der Waals surface area contributed by atoms with Gasteiger partial charge in [-0.25, -0.2) is 19.9 Å². The van der Waals surface area contributed by atoms with E-state index in [9.17, 15) is 4.79 Å². The van der Waals surface area contributed by atoms with Gasteiger partial charge in [-0.1, -0.05) is 12.1 Å². The monoisotopic (exact) mass is 483 g/mol. The number of nitrogens with zero attached hydrogens (tertiary/aromatic N) is 4. The lowest BCUT2D eigenvalue weighted by molar-refractivity contribution is 0.102. The Balaban J connectivity index is 1.38. The van der Waals surface area contributed by atoms with Gasteiger partial charge in [-0.15, -0.1) is 22.7 Å². The summed E-state index contributed by atoms with van der Waals surface area (Å²) in [6, 6.07) is 11.9. The summed E-state index contributed by atoms with van der Waals surface area (Å²) >= 11 is 2.95. The molecule has 0 spiro atoms. The first-order chi connectivity index (χ1) is 16.6. The number of anilines is 4. The number of fused-ring (bicyclic) bond motifs is 3. The number of aryl methyl sites for hydroxylation is 1. The minimum Gasteiger partial charge on any atom is -0.382 e. The second kappa shape index (κ2) is 8.01. The number of nitrogen functional groups attached to an aromatic ring is 1. The van der Waals surface area contributed by atoms with E-state index in [0.717, 1.165) is 37.9 Å². The van der Waals surface area contributed by atoms with Gasteiger partial charge in [-0.2, -0.15) is 0 Å². The van der Waals surface area contributed by atoms with Crippen LogP contribution in [0.25, 0.3) is 31.2 Å². The Morgan fingerprint density at radius 2 is 1.91 bits per heavy atom. The van der Waals surface area contributed by atoms with E-state index in [4.69, 9.17) is 5.73 Å². The molecule has 0 atom stereocenters. The summed E-state index contributed by atoms with van der Waals surface area (Å²) in [5.41, 5.74) is 12.3. The van der Waals surface area contributed by atoms with Crippen molar-refractivity contribution in [1.29, 1.82) is 0 Å². The quantitative estimate of drug-likeness (QED) is 0.293. The lowest BCUT2D eigenvalue weighted by atomic mass is 10.0. The molecular formula is C24H17N7OS2. The number of benzene rings is 2. The number of aromatic nitrogens is 4. The largest absolute Gasteiger partial charge is 0.382 e. The number of nitrogens with two attached hydrogens (primary N) is 1. The van der Waals surface area contributed by atoms with Gasteiger partial charge in [0.2, 0.25) is 0 Å². The summed E-state index contributed by atoms with van der Waals surface area (Å²) in [4.78, 5) is 30.4. The van der Waals surface area contributed by atoms with Gasteiger partial charge in [0, 0.05) is 28.0 Å². The second-order valence-electron chi connectivity index (χ2n) is 7.71. The van der Waals surface area contributed by atoms with Crippen LogP contribution in [0.3, 0.4) is 0 Å². The van der Waals surface area contributed by atoms with Crippen LogP contribution in [0.5, 0.6) is 0 Å². The van der Waals surface area contributed by atoms with Crippen LogP contribution in [0, 0.1) is 6.92 Å². The highest BCUT2D eigenvalue weighted by Crippen LogP contribution is 2.34. The third kappa shape index (κ3) is 3.40. The fraction of sp³-hybridized carbons (Fsp3) is 0.0417. The van der Waals surface area contributed by atoms with Crippen molar-refractivity contribution < 1.29 is 4.79 Å². The highest BCUT2D eigenvalue weighted by Gasteiger charge is 2.18. The van der Waals surface area contributed by atoms with E-state index >= 15 is 0 Å². The predicted molar refractivity (Wildman–Crippen MR) is 139 cm³/mol. The van der Waals surface area contributed by atoms with Crippen LogP contribution in [-0.2, 0) is 0 Å². The van der Waals surface area contributed by atoms with Crippen LogP contribution in [-0.4, -0.2) is 25.8 Å². The fourth-order valence-corrected chi connectivity index (χ4v) is 5.53. The number of carbonyl (C=O) groups excluding carboxylic acids is 1. The summed E-state index contributed by atoms with van der Waals surface area (Å²) in [7, 11) is 0. The molecule has 0 radical (unpaired) electrons. The van der Waals surface area contributed by atoms with E-state index in [0.29, 0.717) is 27.4 Å². The number of nitrogens with one attached hydrogen (secondary N) is 2. The van der Waals surface area contributed by atoms with Gasteiger partial charge in [0.15, 0.2) is 0 Å². The van der Waals surface area contributed by atoms with Crippen molar-refractivity contribution in [2.45, 2.75) is 6.92 Å². The molecule has 0 saturated heterocycles. The average molecular weight is 484 g/mol. The third-order valence-electron chi connectivity index (χ3n) is 5.61. The standard InChI is InChI=1S/C24H17N7OS2/c1-12-2-4-15-14(6-7-26-23(15)30-13-3-5-17-18(8-13)34-11-29-17)19(12)31-24(32)16-9-33-21-20(16)27-10-28-22(21)25/h2-11H,1H3,(H,26,30)(H,31,32)(H2,25,27,28). The summed E-state index contributed by atoms with van der Waals surface area (Å²) in [6.07, 6.45) is 3.11. The molecule has 4 aromatic heterocycles. The summed E-state index contributed by atoms with van der Waals surface area (Å²) in [6.45, 7) is 1.96. The fourth-order valence-electron chi connectivity index (χ4n) is 3.91. The van der Waals surface area contributed by atoms with Crippen molar-refractivity contribution in [3.05, 3.63) is 70.9 Å². The zero-order chi connectivity index (χ0) is 23.2. The van der Waals surface area contributed by atoms with Gasteiger partial charge in [-0.05, 0) is 36.8 Å². The highest BCUT2D eigenvalue weighted by molar-refractivity contribution is 7.18. The molecule has 4 heterocycles. The molecule has 0 aliphatic carbocycles. The lowest BCUT2D eigenvalue weighted by Crippen LogP contribution is -2.13. The van der Waals surface area contributed by atoms with E-state index in [2.05, 4.69) is 36.6 Å². The molecule has 6 rings (SSSR count). The van der Waals surface area contributed by atoms with Crippen molar-refractivity contribution >= 4 is 82.8 Å². The molecule has 10 heteroatoms. The van der Waals surface area contributed by atoms with Crippen molar-refractivity contribution in [2.75, 3.05) is 16.4 Å². The van der Waals surface area contributed by atoms with Gasteiger partial charge in [0.1, 0.15) is 18.0 Å². The van der Waals surface area contributed by atoms with Crippen molar-refractivity contribution in [2.24, 2.45) is 0 Å². The Kier molecular flexibility index (Phi) is 4.82. The normalized spacial score (nSPS) is 11.3. The smallest absolute Gasteiger partial charge is 0.258 e. The lowest BCUT2D eigenvalue weighted by Gasteiger charge is -2.14. The number of pyridine rings is 1. The number of amides is 1. The molecule has 0 aliphatic rings. The maximum absolute atomic E-state index is 13.2. The van der Waals surface area contributed by atoms with E-state index in [1.54, 1.807) is 22.9 Å². The summed E-state index contributed by atoms with van der Waals surface area (Å²) in [5.74, 6) is 0.828. The zero-order valence-corrected chi connectivity index (χ0v) is 19.5. The average Bonchev–Trinajstić information content (AvgIpc) is 3.48. The molecule has 8 nitrogen and oxygen atoms in total. The van der Waals surface area contributed by atoms with Crippen molar-refractivity contribution in [3.8, 4) is 0 Å². The topological polar surface area (TPSA) is 119 Å². The van der Waals surface area contributed by atoms with Gasteiger partial charge in [0.05, 0.1) is 37.2 Å². The first-order valence-electron chi connectivity index (χ1n) is 10.4. The maximum atomic E-state index is 13.2. The Hall–Kier alpha value is -4.15. The van der Waals surface area contributed by atoms with E-state index in [1.165, 1.54) is 17.7 Å². The zero-order valence-electron chi connectivity index (χ0n) is 17.9. The van der Waals surface area contributed by atoms with Gasteiger partial charge in [0.25, 0.3) is 5.91 Å². The molecule has 2 aromatic carbocycles. The van der Waals surface area contributed by atoms with Crippen LogP contribution < -0.4 is 16.4 Å². The number of hydrogen-bond donors (Lipinski definition) is 3. The Morgan fingerprint density at radius 1 is 1.00 bits per heavy atom. The molecule has 0 unspecified atom stereocenters. The van der Waals surface area contributed by atoms with Crippen LogP contribution >= 0.6 is 22.7 Å². The number of rotatable bonds is 4. The first kappa shape index (κ1) is 20.5. The minimum atomic E-state index is -0.248. The first-order valence-corrected chi connectivity index (χ1v) is 12.1. The predicted octanol–water partition coefficient (Wildman–Crippen LogP) is 5.74. The molecule has 0 bridgehead atoms. The molecule has 0 fully saturated rings. The molecule has 0 saturated carbocycles. The number of carbonyl (C=O) groups is 1. The molecule has 0 aliphatic heterocycles. The van der Waals surface area contributed by atoms with E-state index in [1.807, 2.05) is 42.8 Å². The maximum Gasteiger partial charge on any atom is 0.258 e. The van der Waals surface area contributed by atoms with E-state index in [-0.39, 0.29) is 5.91 Å². The summed E-state index contributed by atoms with van der Waals surface area (Å²) in [5, 5.41) is 10.0. The number of thiophene rings is 1. The van der Waals surface area contributed by atoms with Crippen LogP contribution in [0.2, 0.25) is 0 Å². The van der Waals surface area contributed by atoms with Crippen LogP contribution in [0.4, 0.5) is 23.0 Å².